The Morgan fingerprint density at radius 2 is 1.75 bits per heavy atom. The molecule has 0 amide bonds. The molecule has 0 saturated heterocycles. The molecule has 124 valence electrons. The predicted molar refractivity (Wildman–Crippen MR) is 75.7 cm³/mol. The number of rotatable bonds is 2. The Morgan fingerprint density at radius 3 is 2.29 bits per heavy atom. The maximum absolute atomic E-state index is 11.8. The molecular formula is C13H8N2O9. The van der Waals surface area contributed by atoms with Crippen molar-refractivity contribution < 1.29 is 34.3 Å². The van der Waals surface area contributed by atoms with Gasteiger partial charge in [0.2, 0.25) is 0 Å². The van der Waals surface area contributed by atoms with E-state index in [0.717, 1.165) is 6.07 Å². The van der Waals surface area contributed by atoms with E-state index in [4.69, 9.17) is 20.1 Å². The molecule has 11 heteroatoms. The highest BCUT2D eigenvalue weighted by atomic mass is 16.9. The Morgan fingerprint density at radius 1 is 1.12 bits per heavy atom. The van der Waals surface area contributed by atoms with Gasteiger partial charge < -0.3 is 14.7 Å². The average Bonchev–Trinajstić information content (AvgIpc) is 2.50. The number of benzene rings is 2. The van der Waals surface area contributed by atoms with Crippen LogP contribution in [0.15, 0.2) is 24.3 Å². The Kier molecular flexibility index (Phi) is 4.26. The lowest BCUT2D eigenvalue weighted by atomic mass is 9.96. The molecular weight excluding hydrogens is 328 g/mol. The monoisotopic (exact) mass is 336 g/mol. The highest BCUT2D eigenvalue weighted by Gasteiger charge is 2.32. The van der Waals surface area contributed by atoms with Gasteiger partial charge in [-0.2, -0.15) is 0 Å². The van der Waals surface area contributed by atoms with Crippen LogP contribution in [0.4, 0.5) is 5.69 Å². The van der Waals surface area contributed by atoms with Crippen LogP contribution in [-0.4, -0.2) is 34.3 Å². The van der Waals surface area contributed by atoms with Crippen molar-refractivity contribution in [3.05, 3.63) is 55.6 Å². The highest BCUT2D eigenvalue weighted by molar-refractivity contribution is 6.22. The lowest BCUT2D eigenvalue weighted by Gasteiger charge is -2.17. The van der Waals surface area contributed by atoms with Gasteiger partial charge in [0.1, 0.15) is 11.3 Å². The van der Waals surface area contributed by atoms with Crippen LogP contribution >= 0.6 is 0 Å². The first-order chi connectivity index (χ1) is 11.3. The molecule has 0 atom stereocenters. The zero-order chi connectivity index (χ0) is 18.0. The summed E-state index contributed by atoms with van der Waals surface area (Å²) in [7, 11) is 1.38. The molecule has 0 aliphatic carbocycles. The standard InChI is InChI=1S/C13H7NO6.HNO3/c1-19-9-3-2-6-4-7(14(17)18)5-8-10(6)11(9)13(16)20-12(8)15;2-1(3)4/h2-5H,1H3;(H,2,3,4). The molecule has 3 rings (SSSR count). The fraction of sp³-hybridized carbons (Fsp3) is 0.0769. The van der Waals surface area contributed by atoms with Crippen LogP contribution in [0.2, 0.25) is 0 Å². The highest BCUT2D eigenvalue weighted by Crippen LogP contribution is 2.37. The molecule has 0 saturated carbocycles. The Bertz CT molecular complexity index is 887. The van der Waals surface area contributed by atoms with Crippen LogP contribution in [0.25, 0.3) is 10.8 Å². The summed E-state index contributed by atoms with van der Waals surface area (Å²) in [5.41, 5.74) is -0.146. The zero-order valence-corrected chi connectivity index (χ0v) is 11.9. The third-order valence-corrected chi connectivity index (χ3v) is 3.10. The lowest BCUT2D eigenvalue weighted by Crippen LogP contribution is -2.20. The number of nitrogens with zero attached hydrogens (tertiary/aromatic N) is 2. The van der Waals surface area contributed by atoms with Crippen LogP contribution in [0.1, 0.15) is 20.7 Å². The van der Waals surface area contributed by atoms with Crippen LogP contribution in [0.5, 0.6) is 5.75 Å². The van der Waals surface area contributed by atoms with Crippen LogP contribution in [0, 0.1) is 20.2 Å². The van der Waals surface area contributed by atoms with Crippen LogP contribution in [0.3, 0.4) is 0 Å². The third kappa shape index (κ3) is 2.90. The average molecular weight is 336 g/mol. The Hall–Kier alpha value is -3.76. The number of carbonyl (C=O) groups is 2. The Labute approximate surface area is 132 Å². The number of carbonyl (C=O) groups excluding carboxylic acids is 2. The van der Waals surface area contributed by atoms with Crippen molar-refractivity contribution in [2.24, 2.45) is 0 Å². The molecule has 0 bridgehead atoms. The van der Waals surface area contributed by atoms with Crippen molar-refractivity contribution in [3.63, 3.8) is 0 Å². The molecule has 1 aliphatic rings. The topological polar surface area (TPSA) is 159 Å². The summed E-state index contributed by atoms with van der Waals surface area (Å²) < 4.78 is 9.67. The number of nitro benzene ring substituents is 1. The number of nitro groups is 1. The van der Waals surface area contributed by atoms with E-state index in [1.165, 1.54) is 19.2 Å². The largest absolute Gasteiger partial charge is 0.496 e. The minimum Gasteiger partial charge on any atom is -0.496 e. The Balaban J connectivity index is 0.000000471. The van der Waals surface area contributed by atoms with Gasteiger partial charge in [0.05, 0.1) is 17.6 Å². The molecule has 1 heterocycles. The van der Waals surface area contributed by atoms with Gasteiger partial charge in [0, 0.05) is 17.5 Å². The molecule has 24 heavy (non-hydrogen) atoms. The SMILES string of the molecule is COc1ccc2cc([N+](=O)[O-])cc3c2c1C(=O)OC3=O.O=[N+]([O-])O. The summed E-state index contributed by atoms with van der Waals surface area (Å²) in [5, 5.41) is 25.2. The predicted octanol–water partition coefficient (Wildman–Crippen LogP) is 1.72. The van der Waals surface area contributed by atoms with Crippen molar-refractivity contribution >= 4 is 28.4 Å². The minimum absolute atomic E-state index is 0.0114. The number of hydrogen-bond acceptors (Lipinski definition) is 8. The molecule has 1 N–H and O–H groups in total. The van der Waals surface area contributed by atoms with E-state index in [0.29, 0.717) is 10.8 Å². The van der Waals surface area contributed by atoms with Crippen molar-refractivity contribution in [2.75, 3.05) is 7.11 Å². The summed E-state index contributed by atoms with van der Waals surface area (Å²) in [4.78, 5) is 42.2. The second kappa shape index (κ2) is 6.16. The number of esters is 2. The van der Waals surface area contributed by atoms with Crippen LogP contribution < -0.4 is 4.74 Å². The van der Waals surface area contributed by atoms with Crippen molar-refractivity contribution in [1.82, 2.24) is 0 Å². The fourth-order valence-electron chi connectivity index (χ4n) is 2.26. The second-order valence-corrected chi connectivity index (χ2v) is 4.41. The maximum atomic E-state index is 11.8. The summed E-state index contributed by atoms with van der Waals surface area (Å²) >= 11 is 0. The smallest absolute Gasteiger partial charge is 0.350 e. The summed E-state index contributed by atoms with van der Waals surface area (Å²) in [6.07, 6.45) is 0. The molecule has 0 radical (unpaired) electrons. The minimum atomic E-state index is -1.50. The fourth-order valence-corrected chi connectivity index (χ4v) is 2.26. The summed E-state index contributed by atoms with van der Waals surface area (Å²) in [5.74, 6) is -1.46. The van der Waals surface area contributed by atoms with Gasteiger partial charge in [0.25, 0.3) is 10.8 Å². The normalized spacial score (nSPS) is 12.0. The van der Waals surface area contributed by atoms with Gasteiger partial charge in [-0.1, -0.05) is 6.07 Å². The maximum Gasteiger partial charge on any atom is 0.350 e. The summed E-state index contributed by atoms with van der Waals surface area (Å²) in [6, 6.07) is 5.45. The van der Waals surface area contributed by atoms with Gasteiger partial charge in [-0.15, -0.1) is 10.1 Å². The van der Waals surface area contributed by atoms with Crippen LogP contribution in [-0.2, 0) is 4.74 Å². The van der Waals surface area contributed by atoms with Crippen molar-refractivity contribution in [2.45, 2.75) is 0 Å². The molecule has 0 unspecified atom stereocenters. The molecule has 0 aromatic heterocycles. The lowest BCUT2D eigenvalue weighted by molar-refractivity contribution is -0.742. The molecule has 0 spiro atoms. The van der Waals surface area contributed by atoms with Crippen molar-refractivity contribution in [3.8, 4) is 5.75 Å². The molecule has 11 nitrogen and oxygen atoms in total. The van der Waals surface area contributed by atoms with Gasteiger partial charge in [-0.25, -0.2) is 9.59 Å². The van der Waals surface area contributed by atoms with Gasteiger partial charge in [-0.05, 0) is 11.5 Å². The van der Waals surface area contributed by atoms with E-state index < -0.39 is 21.9 Å². The first-order valence-corrected chi connectivity index (χ1v) is 6.15. The number of methoxy groups -OCH3 is 1. The van der Waals surface area contributed by atoms with Gasteiger partial charge >= 0.3 is 11.9 Å². The van der Waals surface area contributed by atoms with Crippen molar-refractivity contribution in [1.29, 1.82) is 0 Å². The van der Waals surface area contributed by atoms with E-state index in [-0.39, 0.29) is 22.6 Å². The zero-order valence-electron chi connectivity index (χ0n) is 11.9. The molecule has 1 aliphatic heterocycles. The molecule has 0 fully saturated rings. The van der Waals surface area contributed by atoms with Gasteiger partial charge in [-0.3, -0.25) is 10.1 Å². The number of hydrogen-bond donors (Lipinski definition) is 1. The number of ether oxygens (including phenoxy) is 2. The van der Waals surface area contributed by atoms with E-state index >= 15 is 0 Å². The second-order valence-electron chi connectivity index (χ2n) is 4.41. The quantitative estimate of drug-likeness (QED) is 0.372. The van der Waals surface area contributed by atoms with E-state index in [1.807, 2.05) is 0 Å². The van der Waals surface area contributed by atoms with Gasteiger partial charge in [0.15, 0.2) is 0 Å². The number of cyclic esters (lactones) is 2. The van der Waals surface area contributed by atoms with E-state index in [9.17, 15) is 19.7 Å². The first kappa shape index (κ1) is 16.6. The third-order valence-electron chi connectivity index (χ3n) is 3.10. The molecule has 2 aromatic rings. The van der Waals surface area contributed by atoms with E-state index in [2.05, 4.69) is 4.74 Å². The molecule has 2 aromatic carbocycles. The van der Waals surface area contributed by atoms with E-state index in [1.54, 1.807) is 6.07 Å². The number of non-ortho nitro benzene ring substituents is 1. The summed E-state index contributed by atoms with van der Waals surface area (Å²) in [6.45, 7) is 0. The first-order valence-electron chi connectivity index (χ1n) is 6.15.